The summed E-state index contributed by atoms with van der Waals surface area (Å²) in [4.78, 5) is 12.1. The maximum Gasteiger partial charge on any atom is 0.335 e. The van der Waals surface area contributed by atoms with Crippen LogP contribution in [-0.2, 0) is 37.2 Å². The van der Waals surface area contributed by atoms with Crippen molar-refractivity contribution in [3.63, 3.8) is 0 Å². The molecule has 0 aliphatic heterocycles. The molecule has 0 bridgehead atoms. The summed E-state index contributed by atoms with van der Waals surface area (Å²) in [6.07, 6.45) is 2.60. The molecule has 2 aromatic rings. The van der Waals surface area contributed by atoms with Crippen LogP contribution in [0.4, 0.5) is 5.69 Å². The van der Waals surface area contributed by atoms with Gasteiger partial charge in [0.05, 0.1) is 19.0 Å². The van der Waals surface area contributed by atoms with Gasteiger partial charge in [-0.2, -0.15) is 8.42 Å². The Morgan fingerprint density at radius 3 is 2.19 bits per heavy atom. The highest BCUT2D eigenvalue weighted by Crippen LogP contribution is 2.16. The Morgan fingerprint density at radius 1 is 1.00 bits per heavy atom. The van der Waals surface area contributed by atoms with Gasteiger partial charge in [-0.3, -0.25) is 0 Å². The predicted molar refractivity (Wildman–Crippen MR) is 126 cm³/mol. The SMILES string of the molecule is CCOC(=O)C(Cc1ccc(NCCCc2ccc(OS(C)(=O)=O)cc2)cc1)OC(C)C. The van der Waals surface area contributed by atoms with Gasteiger partial charge >= 0.3 is 16.1 Å². The minimum absolute atomic E-state index is 0.0613. The number of hydrogen-bond acceptors (Lipinski definition) is 7. The molecule has 8 heteroatoms. The second-order valence-electron chi connectivity index (χ2n) is 7.79. The number of benzene rings is 2. The molecule has 2 rings (SSSR count). The van der Waals surface area contributed by atoms with Gasteiger partial charge < -0.3 is 19.0 Å². The van der Waals surface area contributed by atoms with Crippen LogP contribution >= 0.6 is 0 Å². The van der Waals surface area contributed by atoms with Crippen molar-refractivity contribution < 1.29 is 26.9 Å². The number of carbonyl (C=O) groups excluding carboxylic acids is 1. The van der Waals surface area contributed by atoms with E-state index >= 15 is 0 Å². The smallest absolute Gasteiger partial charge is 0.335 e. The molecule has 176 valence electrons. The maximum atomic E-state index is 12.1. The van der Waals surface area contributed by atoms with Crippen LogP contribution in [0.2, 0.25) is 0 Å². The number of hydrogen-bond donors (Lipinski definition) is 1. The highest BCUT2D eigenvalue weighted by atomic mass is 32.2. The van der Waals surface area contributed by atoms with E-state index in [2.05, 4.69) is 5.32 Å². The van der Waals surface area contributed by atoms with E-state index < -0.39 is 16.2 Å². The van der Waals surface area contributed by atoms with Crippen LogP contribution in [-0.4, -0.2) is 46.0 Å². The Balaban J connectivity index is 1.79. The summed E-state index contributed by atoms with van der Waals surface area (Å²) in [5.74, 6) is -0.0160. The first-order valence-electron chi connectivity index (χ1n) is 10.8. The first-order valence-corrected chi connectivity index (χ1v) is 12.6. The zero-order valence-corrected chi connectivity index (χ0v) is 20.0. The average Bonchev–Trinajstić information content (AvgIpc) is 2.72. The molecule has 0 aromatic heterocycles. The highest BCUT2D eigenvalue weighted by molar-refractivity contribution is 7.86. The van der Waals surface area contributed by atoms with Crippen molar-refractivity contribution in [1.82, 2.24) is 0 Å². The first-order chi connectivity index (χ1) is 15.2. The number of esters is 1. The Hall–Kier alpha value is -2.58. The van der Waals surface area contributed by atoms with E-state index in [4.69, 9.17) is 13.7 Å². The van der Waals surface area contributed by atoms with E-state index in [0.717, 1.165) is 42.5 Å². The largest absolute Gasteiger partial charge is 0.464 e. The van der Waals surface area contributed by atoms with Gasteiger partial charge in [0.25, 0.3) is 0 Å². The monoisotopic (exact) mass is 463 g/mol. The highest BCUT2D eigenvalue weighted by Gasteiger charge is 2.22. The molecule has 7 nitrogen and oxygen atoms in total. The molecule has 1 atom stereocenters. The number of nitrogens with one attached hydrogen (secondary N) is 1. The second kappa shape index (κ2) is 12.5. The van der Waals surface area contributed by atoms with Crippen molar-refractivity contribution in [1.29, 1.82) is 0 Å². The summed E-state index contributed by atoms with van der Waals surface area (Å²) in [6.45, 7) is 6.71. The summed E-state index contributed by atoms with van der Waals surface area (Å²) >= 11 is 0. The van der Waals surface area contributed by atoms with E-state index in [9.17, 15) is 13.2 Å². The zero-order chi connectivity index (χ0) is 23.6. The van der Waals surface area contributed by atoms with Gasteiger partial charge in [0, 0.05) is 18.7 Å². The third-order valence-corrected chi connectivity index (χ3v) is 5.00. The van der Waals surface area contributed by atoms with Gasteiger partial charge in [0.15, 0.2) is 6.10 Å². The minimum atomic E-state index is -3.50. The summed E-state index contributed by atoms with van der Waals surface area (Å²) < 4.78 is 38.0. The quantitative estimate of drug-likeness (QED) is 0.273. The lowest BCUT2D eigenvalue weighted by Gasteiger charge is -2.19. The van der Waals surface area contributed by atoms with Crippen LogP contribution in [0.15, 0.2) is 48.5 Å². The Bertz CT molecular complexity index is 939. The molecular weight excluding hydrogens is 430 g/mol. The maximum absolute atomic E-state index is 12.1. The fourth-order valence-corrected chi connectivity index (χ4v) is 3.60. The van der Waals surface area contributed by atoms with E-state index in [0.29, 0.717) is 18.8 Å². The van der Waals surface area contributed by atoms with Crippen molar-refractivity contribution >= 4 is 21.8 Å². The fraction of sp³-hybridized carbons (Fsp3) is 0.458. The average molecular weight is 464 g/mol. The molecule has 0 aliphatic rings. The topological polar surface area (TPSA) is 90.9 Å². The van der Waals surface area contributed by atoms with Crippen molar-refractivity contribution in [2.45, 2.75) is 52.2 Å². The molecule has 32 heavy (non-hydrogen) atoms. The lowest BCUT2D eigenvalue weighted by molar-refractivity contribution is -0.159. The van der Waals surface area contributed by atoms with E-state index in [1.807, 2.05) is 50.2 Å². The molecular formula is C24H33NO6S. The molecule has 0 amide bonds. The standard InChI is InChI=1S/C24H33NO6S/c1-5-29-24(26)23(30-18(2)3)17-20-8-12-21(13-9-20)25-16-6-7-19-10-14-22(15-11-19)31-32(4,27)28/h8-15,18,23,25H,5-7,16-17H2,1-4H3. The van der Waals surface area contributed by atoms with Crippen LogP contribution < -0.4 is 9.50 Å². The normalized spacial score (nSPS) is 12.4. The number of ether oxygens (including phenoxy) is 2. The summed E-state index contributed by atoms with van der Waals surface area (Å²) in [5.41, 5.74) is 3.12. The summed E-state index contributed by atoms with van der Waals surface area (Å²) in [6, 6.07) is 15.0. The molecule has 1 unspecified atom stereocenters. The molecule has 0 heterocycles. The van der Waals surface area contributed by atoms with Crippen molar-refractivity contribution in [3.8, 4) is 5.75 Å². The van der Waals surface area contributed by atoms with Crippen molar-refractivity contribution in [2.75, 3.05) is 24.7 Å². The minimum Gasteiger partial charge on any atom is -0.464 e. The van der Waals surface area contributed by atoms with Crippen LogP contribution in [0.3, 0.4) is 0 Å². The van der Waals surface area contributed by atoms with Crippen LogP contribution in [0, 0.1) is 0 Å². The van der Waals surface area contributed by atoms with Gasteiger partial charge in [-0.05, 0) is 69.0 Å². The van der Waals surface area contributed by atoms with E-state index in [-0.39, 0.29) is 12.1 Å². The molecule has 0 saturated heterocycles. The molecule has 0 aliphatic carbocycles. The number of carbonyl (C=O) groups is 1. The lowest BCUT2D eigenvalue weighted by Crippen LogP contribution is -2.31. The van der Waals surface area contributed by atoms with Crippen LogP contribution in [0.5, 0.6) is 5.75 Å². The van der Waals surface area contributed by atoms with Crippen molar-refractivity contribution in [3.05, 3.63) is 59.7 Å². The van der Waals surface area contributed by atoms with Crippen LogP contribution in [0.1, 0.15) is 38.3 Å². The third kappa shape index (κ3) is 9.70. The number of aryl methyl sites for hydroxylation is 1. The number of anilines is 1. The first kappa shape index (κ1) is 25.7. The van der Waals surface area contributed by atoms with Gasteiger partial charge in [0.1, 0.15) is 5.75 Å². The van der Waals surface area contributed by atoms with Crippen LogP contribution in [0.25, 0.3) is 0 Å². The molecule has 1 N–H and O–H groups in total. The van der Waals surface area contributed by atoms with Gasteiger partial charge in [-0.15, -0.1) is 0 Å². The molecule has 2 aromatic carbocycles. The summed E-state index contributed by atoms with van der Waals surface area (Å²) in [5, 5.41) is 3.39. The van der Waals surface area contributed by atoms with Crippen molar-refractivity contribution in [2.24, 2.45) is 0 Å². The zero-order valence-electron chi connectivity index (χ0n) is 19.2. The lowest BCUT2D eigenvalue weighted by atomic mass is 10.1. The number of rotatable bonds is 13. The van der Waals surface area contributed by atoms with Gasteiger partial charge in [0.2, 0.25) is 0 Å². The molecule has 0 spiro atoms. The van der Waals surface area contributed by atoms with Gasteiger partial charge in [-0.1, -0.05) is 24.3 Å². The van der Waals surface area contributed by atoms with E-state index in [1.54, 1.807) is 19.1 Å². The fourth-order valence-electron chi connectivity index (χ4n) is 3.14. The predicted octanol–water partition coefficient (Wildman–Crippen LogP) is 3.97. The Morgan fingerprint density at radius 2 is 1.62 bits per heavy atom. The molecule has 0 saturated carbocycles. The Kier molecular flexibility index (Phi) is 9.99. The summed E-state index contributed by atoms with van der Waals surface area (Å²) in [7, 11) is -3.50. The van der Waals surface area contributed by atoms with Gasteiger partial charge in [-0.25, -0.2) is 4.79 Å². The second-order valence-corrected chi connectivity index (χ2v) is 9.36. The Labute approximate surface area is 191 Å². The molecule has 0 fully saturated rings. The third-order valence-electron chi connectivity index (χ3n) is 4.50. The van der Waals surface area contributed by atoms with E-state index in [1.165, 1.54) is 0 Å². The molecule has 0 radical (unpaired) electrons.